The molecule has 1 aliphatic rings. The standard InChI is InChI=1S/C29H27N3O3S/c1-16-6-13-22-23(14-16)36-29(30-22)32-25(19-9-11-21(12-10-19)31(4)5)24(27(34)28(32)35)26(33)20-8-7-17(2)18(3)15-20/h6-15,25,33H,1-5H3/b26-24+. The van der Waals surface area contributed by atoms with Gasteiger partial charge in [0.2, 0.25) is 0 Å². The molecule has 36 heavy (non-hydrogen) atoms. The first-order valence-electron chi connectivity index (χ1n) is 11.7. The molecular formula is C29H27N3O3S. The molecule has 1 fully saturated rings. The summed E-state index contributed by atoms with van der Waals surface area (Å²) in [5, 5.41) is 11.8. The van der Waals surface area contributed by atoms with E-state index in [1.54, 1.807) is 6.07 Å². The number of aromatic nitrogens is 1. The predicted octanol–water partition coefficient (Wildman–Crippen LogP) is 5.91. The van der Waals surface area contributed by atoms with Gasteiger partial charge < -0.3 is 10.0 Å². The van der Waals surface area contributed by atoms with Crippen molar-refractivity contribution >= 4 is 49.8 Å². The van der Waals surface area contributed by atoms with E-state index in [0.717, 1.165) is 38.2 Å². The number of ketones is 1. The lowest BCUT2D eigenvalue weighted by atomic mass is 9.94. The molecule has 0 saturated carbocycles. The minimum atomic E-state index is -0.801. The quantitative estimate of drug-likeness (QED) is 0.215. The molecule has 7 heteroatoms. The summed E-state index contributed by atoms with van der Waals surface area (Å²) in [5.74, 6) is -1.60. The molecule has 3 aromatic carbocycles. The SMILES string of the molecule is Cc1ccc2nc(N3C(=O)C(=O)/C(=C(/O)c4ccc(C)c(C)c4)C3c3ccc(N(C)C)cc3)sc2c1. The zero-order valence-electron chi connectivity index (χ0n) is 20.9. The minimum absolute atomic E-state index is 0.0660. The lowest BCUT2D eigenvalue weighted by Crippen LogP contribution is -2.29. The Labute approximate surface area is 214 Å². The first-order chi connectivity index (χ1) is 17.2. The molecule has 1 N–H and O–H groups in total. The van der Waals surface area contributed by atoms with Crippen LogP contribution in [-0.4, -0.2) is 35.9 Å². The zero-order valence-corrected chi connectivity index (χ0v) is 21.7. The number of fused-ring (bicyclic) bond motifs is 1. The van der Waals surface area contributed by atoms with Gasteiger partial charge in [0, 0.05) is 25.3 Å². The van der Waals surface area contributed by atoms with E-state index in [0.29, 0.717) is 10.7 Å². The number of rotatable bonds is 4. The van der Waals surface area contributed by atoms with Gasteiger partial charge in [-0.2, -0.15) is 0 Å². The van der Waals surface area contributed by atoms with Crippen molar-refractivity contribution in [2.45, 2.75) is 26.8 Å². The van der Waals surface area contributed by atoms with Crippen molar-refractivity contribution in [1.82, 2.24) is 4.98 Å². The van der Waals surface area contributed by atoms with E-state index >= 15 is 0 Å². The molecule has 1 atom stereocenters. The molecule has 0 bridgehead atoms. The number of aliphatic hydroxyl groups excluding tert-OH is 1. The molecule has 0 spiro atoms. The predicted molar refractivity (Wildman–Crippen MR) is 146 cm³/mol. The summed E-state index contributed by atoms with van der Waals surface area (Å²) < 4.78 is 0.933. The fourth-order valence-corrected chi connectivity index (χ4v) is 5.56. The van der Waals surface area contributed by atoms with Gasteiger partial charge in [0.1, 0.15) is 5.76 Å². The van der Waals surface area contributed by atoms with E-state index < -0.39 is 17.7 Å². The van der Waals surface area contributed by atoms with Gasteiger partial charge in [-0.15, -0.1) is 0 Å². The summed E-state index contributed by atoms with van der Waals surface area (Å²) in [6.07, 6.45) is 0. The summed E-state index contributed by atoms with van der Waals surface area (Å²) in [5.41, 5.74) is 6.20. The topological polar surface area (TPSA) is 73.7 Å². The average Bonchev–Trinajstić information content (AvgIpc) is 3.38. The van der Waals surface area contributed by atoms with E-state index in [2.05, 4.69) is 0 Å². The van der Waals surface area contributed by atoms with Crippen LogP contribution in [0.5, 0.6) is 0 Å². The van der Waals surface area contributed by atoms with E-state index in [4.69, 9.17) is 4.98 Å². The Morgan fingerprint density at radius 1 is 0.944 bits per heavy atom. The molecule has 0 radical (unpaired) electrons. The fourth-order valence-electron chi connectivity index (χ4n) is 4.47. The summed E-state index contributed by atoms with van der Waals surface area (Å²) in [6, 6.07) is 18.3. The first-order valence-corrected chi connectivity index (χ1v) is 12.5. The van der Waals surface area contributed by atoms with Gasteiger partial charge in [0.05, 0.1) is 21.8 Å². The van der Waals surface area contributed by atoms with Crippen molar-refractivity contribution in [3.05, 3.63) is 94.1 Å². The number of benzene rings is 3. The number of aliphatic hydroxyl groups is 1. The number of carbonyl (C=O) groups is 2. The molecule has 1 unspecified atom stereocenters. The van der Waals surface area contributed by atoms with Gasteiger partial charge in [-0.1, -0.05) is 41.7 Å². The Morgan fingerprint density at radius 2 is 1.67 bits per heavy atom. The highest BCUT2D eigenvalue weighted by Gasteiger charge is 2.48. The highest BCUT2D eigenvalue weighted by atomic mass is 32.1. The van der Waals surface area contributed by atoms with Crippen LogP contribution in [0.4, 0.5) is 10.8 Å². The molecule has 1 aromatic heterocycles. The largest absolute Gasteiger partial charge is 0.507 e. The monoisotopic (exact) mass is 497 g/mol. The number of hydrogen-bond acceptors (Lipinski definition) is 6. The van der Waals surface area contributed by atoms with Crippen LogP contribution in [-0.2, 0) is 9.59 Å². The highest BCUT2D eigenvalue weighted by molar-refractivity contribution is 7.22. The van der Waals surface area contributed by atoms with Crippen LogP contribution in [0.15, 0.2) is 66.2 Å². The number of amides is 1. The maximum absolute atomic E-state index is 13.5. The normalized spacial score (nSPS) is 17.2. The van der Waals surface area contributed by atoms with Crippen molar-refractivity contribution in [3.8, 4) is 0 Å². The first kappa shape index (κ1) is 23.8. The molecule has 0 aliphatic carbocycles. The third-order valence-electron chi connectivity index (χ3n) is 6.69. The van der Waals surface area contributed by atoms with Gasteiger partial charge in [0.25, 0.3) is 5.78 Å². The zero-order chi connectivity index (χ0) is 25.7. The van der Waals surface area contributed by atoms with E-state index in [1.807, 2.05) is 94.4 Å². The second kappa shape index (κ2) is 8.91. The maximum atomic E-state index is 13.5. The lowest BCUT2D eigenvalue weighted by molar-refractivity contribution is -0.132. The minimum Gasteiger partial charge on any atom is -0.507 e. The van der Waals surface area contributed by atoms with E-state index in [9.17, 15) is 14.7 Å². The Bertz CT molecular complexity index is 1550. The smallest absolute Gasteiger partial charge is 0.301 e. The van der Waals surface area contributed by atoms with Gasteiger partial charge in [-0.3, -0.25) is 14.5 Å². The molecule has 1 amide bonds. The molecule has 182 valence electrons. The summed E-state index contributed by atoms with van der Waals surface area (Å²) >= 11 is 1.36. The molecule has 4 aromatic rings. The summed E-state index contributed by atoms with van der Waals surface area (Å²) in [4.78, 5) is 35.0. The van der Waals surface area contributed by atoms with Gasteiger partial charge in [0.15, 0.2) is 5.13 Å². The number of anilines is 2. The van der Waals surface area contributed by atoms with E-state index in [1.165, 1.54) is 16.2 Å². The molecule has 5 rings (SSSR count). The summed E-state index contributed by atoms with van der Waals surface area (Å²) in [6.45, 7) is 5.94. The number of thiazole rings is 1. The second-order valence-electron chi connectivity index (χ2n) is 9.42. The van der Waals surface area contributed by atoms with Gasteiger partial charge >= 0.3 is 5.91 Å². The number of hydrogen-bond donors (Lipinski definition) is 1. The highest BCUT2D eigenvalue weighted by Crippen LogP contribution is 2.44. The van der Waals surface area contributed by atoms with Crippen LogP contribution in [0, 0.1) is 20.8 Å². The van der Waals surface area contributed by atoms with Crippen molar-refractivity contribution in [2.75, 3.05) is 23.9 Å². The van der Waals surface area contributed by atoms with Crippen LogP contribution in [0.2, 0.25) is 0 Å². The van der Waals surface area contributed by atoms with Gasteiger partial charge in [-0.05, 0) is 73.4 Å². The maximum Gasteiger partial charge on any atom is 0.301 e. The fraction of sp³-hybridized carbons (Fsp3) is 0.207. The Kier molecular flexibility index (Phi) is 5.88. The summed E-state index contributed by atoms with van der Waals surface area (Å²) in [7, 11) is 3.90. The second-order valence-corrected chi connectivity index (χ2v) is 10.4. The number of carbonyl (C=O) groups excluding carboxylic acids is 2. The lowest BCUT2D eigenvalue weighted by Gasteiger charge is -2.23. The molecule has 1 saturated heterocycles. The van der Waals surface area contributed by atoms with Crippen molar-refractivity contribution in [2.24, 2.45) is 0 Å². The van der Waals surface area contributed by atoms with Crippen LogP contribution < -0.4 is 9.80 Å². The number of aryl methyl sites for hydroxylation is 3. The third kappa shape index (κ3) is 3.95. The van der Waals surface area contributed by atoms with Crippen LogP contribution in [0.3, 0.4) is 0 Å². The Morgan fingerprint density at radius 3 is 2.33 bits per heavy atom. The van der Waals surface area contributed by atoms with Gasteiger partial charge in [-0.25, -0.2) is 4.98 Å². The van der Waals surface area contributed by atoms with Crippen LogP contribution in [0.1, 0.15) is 33.9 Å². The van der Waals surface area contributed by atoms with Crippen LogP contribution in [0.25, 0.3) is 16.0 Å². The van der Waals surface area contributed by atoms with E-state index in [-0.39, 0.29) is 11.3 Å². The Hall–Kier alpha value is -3.97. The number of nitrogens with zero attached hydrogens (tertiary/aromatic N) is 3. The van der Waals surface area contributed by atoms with Crippen molar-refractivity contribution in [3.63, 3.8) is 0 Å². The molecular weight excluding hydrogens is 470 g/mol. The molecule has 1 aliphatic heterocycles. The van der Waals surface area contributed by atoms with Crippen molar-refractivity contribution in [1.29, 1.82) is 0 Å². The molecule has 2 heterocycles. The Balaban J connectivity index is 1.72. The third-order valence-corrected chi connectivity index (χ3v) is 7.71. The van der Waals surface area contributed by atoms with Crippen molar-refractivity contribution < 1.29 is 14.7 Å². The molecule has 6 nitrogen and oxygen atoms in total. The average molecular weight is 498 g/mol. The van der Waals surface area contributed by atoms with Crippen LogP contribution >= 0.6 is 11.3 Å². The number of Topliss-reactive ketones (excluding diaryl/α,β-unsaturated/α-hetero) is 1.